The van der Waals surface area contributed by atoms with E-state index in [1.165, 1.54) is 5.56 Å². The second-order valence-electron chi connectivity index (χ2n) is 9.27. The van der Waals surface area contributed by atoms with E-state index < -0.39 is 18.8 Å². The van der Waals surface area contributed by atoms with Crippen LogP contribution < -0.4 is 15.4 Å². The van der Waals surface area contributed by atoms with Crippen molar-refractivity contribution in [2.75, 3.05) is 18.4 Å². The zero-order valence-corrected chi connectivity index (χ0v) is 22.5. The number of aromatic nitrogens is 3. The molecule has 3 heterocycles. The van der Waals surface area contributed by atoms with Crippen molar-refractivity contribution in [2.24, 2.45) is 0 Å². The van der Waals surface area contributed by atoms with Crippen molar-refractivity contribution >= 4 is 29.8 Å². The molecule has 2 aromatic heterocycles. The van der Waals surface area contributed by atoms with Gasteiger partial charge < -0.3 is 25.6 Å². The Morgan fingerprint density at radius 2 is 1.67 bits per heavy atom. The summed E-state index contributed by atoms with van der Waals surface area (Å²) in [5, 5.41) is 24.5. The van der Waals surface area contributed by atoms with E-state index in [4.69, 9.17) is 24.5 Å². The molecule has 1 unspecified atom stereocenters. The maximum Gasteiger partial charge on any atom is 0.490 e. The van der Waals surface area contributed by atoms with Gasteiger partial charge in [-0.05, 0) is 42.1 Å². The number of ether oxygens (including phenoxy) is 1. The van der Waals surface area contributed by atoms with Crippen molar-refractivity contribution in [1.82, 2.24) is 19.9 Å². The molecule has 1 atom stereocenters. The third-order valence-corrected chi connectivity index (χ3v) is 5.10. The summed E-state index contributed by atoms with van der Waals surface area (Å²) in [5.74, 6) is -1.95. The van der Waals surface area contributed by atoms with Crippen molar-refractivity contribution in [1.29, 1.82) is 0 Å². The van der Waals surface area contributed by atoms with Crippen LogP contribution in [0.3, 0.4) is 0 Å². The minimum atomic E-state index is -5.08. The Morgan fingerprint density at radius 3 is 2.12 bits per heavy atom. The molecule has 11 nitrogen and oxygen atoms in total. The zero-order valence-electron chi connectivity index (χ0n) is 22.5. The number of halogens is 6. The Kier molecular flexibility index (Phi) is 13.7. The predicted octanol–water partition coefficient (Wildman–Crippen LogP) is 4.53. The molecule has 1 aliphatic heterocycles. The van der Waals surface area contributed by atoms with Crippen LogP contribution in [0.25, 0.3) is 5.65 Å². The number of carbonyl (C=O) groups is 3. The fourth-order valence-corrected chi connectivity index (χ4v) is 3.20. The van der Waals surface area contributed by atoms with Gasteiger partial charge in [-0.15, -0.1) is 5.10 Å². The van der Waals surface area contributed by atoms with Gasteiger partial charge in [0.1, 0.15) is 6.10 Å². The number of hydrogen-bond donors (Lipinski definition) is 4. The molecule has 1 aromatic carbocycles. The van der Waals surface area contributed by atoms with E-state index >= 15 is 0 Å². The molecule has 1 amide bonds. The van der Waals surface area contributed by atoms with Crippen molar-refractivity contribution in [3.63, 3.8) is 0 Å². The summed E-state index contributed by atoms with van der Waals surface area (Å²) in [5.41, 5.74) is 2.48. The minimum Gasteiger partial charge on any atom is -0.483 e. The molecule has 42 heavy (non-hydrogen) atoms. The number of carboxylic acid groups (broad SMARTS) is 2. The number of fused-ring (bicyclic) bond motifs is 1. The van der Waals surface area contributed by atoms with Crippen LogP contribution >= 0.6 is 0 Å². The SMILES string of the molecule is CC(C)(C)c1ccc(C(=O)Nc2cn3nc(OC4CCNC4)ccc3n2)cc1.FC(F)F.O=C(O)C(F)(F)F.O=CO. The van der Waals surface area contributed by atoms with E-state index in [2.05, 4.69) is 41.5 Å². The third-order valence-electron chi connectivity index (χ3n) is 5.10. The molecule has 0 saturated carbocycles. The van der Waals surface area contributed by atoms with E-state index in [9.17, 15) is 31.1 Å². The normalized spacial score (nSPS) is 14.4. The van der Waals surface area contributed by atoms with Crippen LogP contribution in [0.5, 0.6) is 5.88 Å². The lowest BCUT2D eigenvalue weighted by molar-refractivity contribution is -0.192. The number of anilines is 1. The van der Waals surface area contributed by atoms with Gasteiger partial charge in [0.2, 0.25) is 5.88 Å². The number of imidazole rings is 1. The van der Waals surface area contributed by atoms with Crippen molar-refractivity contribution in [3.8, 4) is 5.88 Å². The third kappa shape index (κ3) is 12.8. The quantitative estimate of drug-likeness (QED) is 0.247. The highest BCUT2D eigenvalue weighted by Crippen LogP contribution is 2.22. The van der Waals surface area contributed by atoms with Crippen LogP contribution in [0.4, 0.5) is 32.2 Å². The summed E-state index contributed by atoms with van der Waals surface area (Å²) < 4.78 is 68.2. The largest absolute Gasteiger partial charge is 0.490 e. The number of alkyl halides is 6. The lowest BCUT2D eigenvalue weighted by Gasteiger charge is -2.18. The number of nitrogens with one attached hydrogen (secondary N) is 2. The van der Waals surface area contributed by atoms with Crippen LogP contribution in [0.2, 0.25) is 0 Å². The number of carboxylic acids is 1. The standard InChI is InChI=1S/C21H25N5O2.C2HF3O2.CHF3.CH2O2/c1-21(2,3)15-6-4-14(5-7-15)20(27)24-17-13-26-18(23-17)8-9-19(25-26)28-16-10-11-22-12-16;3-2(4,5)1(6)7;2-1(3)4;2-1-3/h4-9,13,16,22H,10-12H2,1-3H3,(H,24,27);(H,6,7);1H;1H,(H,2,3). The Hall–Kier alpha value is -4.41. The van der Waals surface area contributed by atoms with Crippen molar-refractivity contribution < 1.29 is 55.7 Å². The number of benzene rings is 1. The van der Waals surface area contributed by atoms with E-state index in [-0.39, 0.29) is 23.9 Å². The second-order valence-corrected chi connectivity index (χ2v) is 9.27. The maximum atomic E-state index is 12.5. The first-order valence-electron chi connectivity index (χ1n) is 11.9. The molecular weight excluding hydrogens is 580 g/mol. The van der Waals surface area contributed by atoms with Gasteiger partial charge in [-0.1, -0.05) is 32.9 Å². The smallest absolute Gasteiger partial charge is 0.483 e. The number of rotatable bonds is 4. The fraction of sp³-hybridized carbons (Fsp3) is 0.400. The fourth-order valence-electron chi connectivity index (χ4n) is 3.20. The molecular formula is C25H29F6N5O6. The molecule has 0 aliphatic carbocycles. The maximum absolute atomic E-state index is 12.5. The highest BCUT2D eigenvalue weighted by Gasteiger charge is 2.38. The molecule has 0 radical (unpaired) electrons. The van der Waals surface area contributed by atoms with Gasteiger partial charge >= 0.3 is 18.8 Å². The molecule has 0 bridgehead atoms. The highest BCUT2D eigenvalue weighted by atomic mass is 19.4. The topological polar surface area (TPSA) is 155 Å². The first-order chi connectivity index (χ1) is 19.5. The van der Waals surface area contributed by atoms with Crippen molar-refractivity contribution in [2.45, 2.75) is 51.6 Å². The Bertz CT molecular complexity index is 1290. The molecule has 1 aliphatic rings. The van der Waals surface area contributed by atoms with Gasteiger partial charge in [0.15, 0.2) is 11.5 Å². The first kappa shape index (κ1) is 35.6. The number of aliphatic carboxylic acids is 1. The van der Waals surface area contributed by atoms with Gasteiger partial charge in [-0.2, -0.15) is 26.3 Å². The number of nitrogens with zero attached hydrogens (tertiary/aromatic N) is 3. The lowest BCUT2D eigenvalue weighted by Crippen LogP contribution is -2.21. The van der Waals surface area contributed by atoms with Crippen LogP contribution in [0.1, 0.15) is 43.1 Å². The lowest BCUT2D eigenvalue weighted by atomic mass is 9.87. The van der Waals surface area contributed by atoms with E-state index in [1.807, 2.05) is 30.3 Å². The molecule has 232 valence electrons. The summed E-state index contributed by atoms with van der Waals surface area (Å²) in [6.45, 7) is 4.32. The molecule has 3 aromatic rings. The summed E-state index contributed by atoms with van der Waals surface area (Å²) in [6.07, 6.45) is -2.28. The molecule has 0 spiro atoms. The highest BCUT2D eigenvalue weighted by molar-refractivity contribution is 6.03. The van der Waals surface area contributed by atoms with Crippen molar-refractivity contribution in [3.05, 3.63) is 53.7 Å². The van der Waals surface area contributed by atoms with Gasteiger partial charge in [0, 0.05) is 18.2 Å². The summed E-state index contributed by atoms with van der Waals surface area (Å²) >= 11 is 0. The van der Waals surface area contributed by atoms with E-state index in [0.29, 0.717) is 22.9 Å². The zero-order chi connectivity index (χ0) is 32.1. The average Bonchev–Trinajstić information content (AvgIpc) is 3.52. The van der Waals surface area contributed by atoms with E-state index in [0.717, 1.165) is 19.5 Å². The van der Waals surface area contributed by atoms with Crippen LogP contribution in [0, 0.1) is 0 Å². The van der Waals surface area contributed by atoms with Gasteiger partial charge in [0.25, 0.3) is 12.4 Å². The van der Waals surface area contributed by atoms with Crippen LogP contribution in [0.15, 0.2) is 42.6 Å². The van der Waals surface area contributed by atoms with Crippen LogP contribution in [-0.2, 0) is 15.0 Å². The molecule has 17 heteroatoms. The molecule has 1 saturated heterocycles. The van der Waals surface area contributed by atoms with Gasteiger partial charge in [0.05, 0.1) is 6.20 Å². The summed E-state index contributed by atoms with van der Waals surface area (Å²) in [6, 6.07) is 11.3. The molecule has 1 fully saturated rings. The number of amides is 1. The molecule has 4 rings (SSSR count). The number of hydrogen-bond acceptors (Lipinski definition) is 7. The minimum absolute atomic E-state index is 0.0522. The van der Waals surface area contributed by atoms with Gasteiger partial charge in [-0.25, -0.2) is 14.3 Å². The second kappa shape index (κ2) is 16.1. The summed E-state index contributed by atoms with van der Waals surface area (Å²) in [4.78, 5) is 34.2. The first-order valence-corrected chi connectivity index (χ1v) is 11.9. The Balaban J connectivity index is 0.000000528. The predicted molar refractivity (Wildman–Crippen MR) is 137 cm³/mol. The molecule has 4 N–H and O–H groups in total. The average molecular weight is 610 g/mol. The number of carbonyl (C=O) groups excluding carboxylic acids is 1. The van der Waals surface area contributed by atoms with Gasteiger partial charge in [-0.3, -0.25) is 9.59 Å². The Morgan fingerprint density at radius 1 is 1.12 bits per heavy atom. The van der Waals surface area contributed by atoms with E-state index in [1.54, 1.807) is 16.8 Å². The summed E-state index contributed by atoms with van der Waals surface area (Å²) in [7, 11) is 0. The van der Waals surface area contributed by atoms with Crippen LogP contribution in [-0.4, -0.2) is 75.2 Å². The monoisotopic (exact) mass is 609 g/mol. The Labute approximate surface area is 235 Å².